The second-order valence-electron chi connectivity index (χ2n) is 18.1. The molecular weight excluding hydrogens is 1330 g/mol. The Morgan fingerprint density at radius 3 is 0.583 bits per heavy atom. The normalized spacial score (nSPS) is 13.1. The molecule has 0 radical (unpaired) electrons. The van der Waals surface area contributed by atoms with E-state index in [-0.39, 0.29) is 21.2 Å². The van der Waals surface area contributed by atoms with E-state index in [1.165, 1.54) is 26.7 Å². The summed E-state index contributed by atoms with van der Waals surface area (Å²) in [6.45, 7) is 0. The van der Waals surface area contributed by atoms with Gasteiger partial charge in [-0.15, -0.1) is 0 Å². The van der Waals surface area contributed by atoms with Gasteiger partial charge in [0, 0.05) is 19.6 Å². The number of halogens is 25. The van der Waals surface area contributed by atoms with Crippen LogP contribution < -0.4 is 43.1 Å². The number of benzene rings is 8. The summed E-state index contributed by atoms with van der Waals surface area (Å²) < 4.78 is 344. The van der Waals surface area contributed by atoms with E-state index in [0.29, 0.717) is 0 Å². The molecule has 8 rings (SSSR count). The van der Waals surface area contributed by atoms with Gasteiger partial charge in [0.2, 0.25) is 0 Å². The minimum absolute atomic E-state index is 0.136. The molecule has 8 aromatic carbocycles. The molecule has 28 heteroatoms. The van der Waals surface area contributed by atoms with Crippen LogP contribution in [0.15, 0.2) is 202 Å². The molecule has 0 aliphatic carbocycles. The van der Waals surface area contributed by atoms with Crippen LogP contribution in [0.2, 0.25) is 0 Å². The van der Waals surface area contributed by atoms with Gasteiger partial charge in [0.05, 0.1) is 44.5 Å². The maximum absolute atomic E-state index is 14.2. The predicted octanol–water partition coefficient (Wildman–Crippen LogP) is 15.3. The first-order valence-corrected chi connectivity index (χ1v) is 27.1. The second-order valence-corrected chi connectivity index (χ2v) is 23.4. The average molecular weight is 1360 g/mol. The van der Waals surface area contributed by atoms with Crippen molar-refractivity contribution in [2.24, 2.45) is 0 Å². The Hall–Kier alpha value is -6.43. The molecule has 0 amide bonds. The number of hydrogen-bond acceptors (Lipinski definition) is 2. The van der Waals surface area contributed by atoms with Crippen molar-refractivity contribution < 1.29 is 127 Å². The molecule has 0 N–H and O–H groups in total. The predicted molar refractivity (Wildman–Crippen MR) is 261 cm³/mol. The zero-order chi connectivity index (χ0) is 62.2. The largest absolute Gasteiger partial charge is 0.416 e. The fourth-order valence-corrected chi connectivity index (χ4v) is 12.4. The van der Waals surface area contributed by atoms with Crippen LogP contribution in [0.1, 0.15) is 44.5 Å². The summed E-state index contributed by atoms with van der Waals surface area (Å²) in [5.74, 6) is 0. The highest BCUT2D eigenvalue weighted by molar-refractivity contribution is 7.99. The molecule has 0 fully saturated rings. The number of alkyl halides is 24. The van der Waals surface area contributed by atoms with Crippen LogP contribution in [0.4, 0.5) is 105 Å². The van der Waals surface area contributed by atoms with Gasteiger partial charge in [0.25, 0.3) is 0 Å². The molecular formula is C56H30BF24IS2. The summed E-state index contributed by atoms with van der Waals surface area (Å²) in [6, 6.07) is 30.4. The SMILES string of the molecule is FC(F)(F)c1cc([B-](c2cc(C(F)(F)F)cc(C(F)(F)F)c2)(c2cc(C(F)(F)F)cc(C(F)(F)F)c2)c2cc(C(F)(F)F)cc(C(F)(F)F)c2)cc(C(F)(F)F)c1.c1ccc(Sc2ccc([I+]c3ccc(Sc4ccccc4)cc3)cc2)cc1. The minimum atomic E-state index is -6.13. The number of hydrogen-bond donors (Lipinski definition) is 0. The molecule has 0 heterocycles. The van der Waals surface area contributed by atoms with Gasteiger partial charge in [-0.1, -0.05) is 108 Å². The Bertz CT molecular complexity index is 3050. The summed E-state index contributed by atoms with van der Waals surface area (Å²) in [6.07, 6.45) is -54.8. The Kier molecular flexibility index (Phi) is 18.7. The molecule has 0 nitrogen and oxygen atoms in total. The zero-order valence-corrected chi connectivity index (χ0v) is 45.0. The third kappa shape index (κ3) is 16.1. The molecule has 0 saturated heterocycles. The first-order chi connectivity index (χ1) is 38.6. The lowest BCUT2D eigenvalue weighted by Crippen LogP contribution is -3.61. The van der Waals surface area contributed by atoms with Crippen molar-refractivity contribution in [3.63, 3.8) is 0 Å². The van der Waals surface area contributed by atoms with Crippen molar-refractivity contribution in [2.75, 3.05) is 0 Å². The van der Waals surface area contributed by atoms with E-state index in [0.717, 1.165) is 0 Å². The summed E-state index contributed by atoms with van der Waals surface area (Å²) in [4.78, 5) is 5.16. The standard InChI is InChI=1S/C32H12BF24.C24H18IS2/c34-25(35,36)13-1-14(26(37,38)39)6-21(5-13)33(22-7-15(27(40,41)42)2-16(8-22)28(43,44)45,23-9-17(29(46,47)48)3-18(10-23)30(49,50)51)24-11-19(31(52,53)54)4-20(12-24)32(55,56)57;1-3-7-21(8-4-1)26-23-15-11-19(12-16-23)25-20-13-17-24(18-14-20)27-22-9-5-2-6-10-22/h1-12H;1-18H/q-1;+1. The molecule has 84 heavy (non-hydrogen) atoms. The van der Waals surface area contributed by atoms with Crippen molar-refractivity contribution in [1.29, 1.82) is 0 Å². The fraction of sp³-hybridized carbons (Fsp3) is 0.143. The van der Waals surface area contributed by atoms with E-state index in [9.17, 15) is 105 Å². The second kappa shape index (κ2) is 24.1. The Labute approximate surface area is 478 Å². The topological polar surface area (TPSA) is 0 Å². The maximum Gasteiger partial charge on any atom is 0.416 e. The van der Waals surface area contributed by atoms with Crippen LogP contribution in [-0.2, 0) is 49.4 Å². The summed E-state index contributed by atoms with van der Waals surface area (Å²) in [5, 5.41) is 0. The Balaban J connectivity index is 0.000000309. The third-order valence-electron chi connectivity index (χ3n) is 12.2. The molecule has 0 saturated carbocycles. The van der Waals surface area contributed by atoms with Crippen molar-refractivity contribution in [1.82, 2.24) is 0 Å². The lowest BCUT2D eigenvalue weighted by Gasteiger charge is -2.46. The van der Waals surface area contributed by atoms with E-state index in [4.69, 9.17) is 0 Å². The van der Waals surface area contributed by atoms with Crippen molar-refractivity contribution in [3.8, 4) is 0 Å². The van der Waals surface area contributed by atoms with Gasteiger partial charge in [0.15, 0.2) is 7.14 Å². The van der Waals surface area contributed by atoms with Crippen LogP contribution in [0.3, 0.4) is 0 Å². The first kappa shape index (κ1) is 65.1. The van der Waals surface area contributed by atoms with Crippen LogP contribution in [-0.4, -0.2) is 6.15 Å². The molecule has 8 aromatic rings. The third-order valence-corrected chi connectivity index (χ3v) is 17.0. The van der Waals surface area contributed by atoms with Crippen LogP contribution in [0, 0.1) is 7.14 Å². The molecule has 0 spiro atoms. The van der Waals surface area contributed by atoms with Gasteiger partial charge in [-0.25, -0.2) is 0 Å². The van der Waals surface area contributed by atoms with Crippen molar-refractivity contribution in [3.05, 3.63) is 234 Å². The molecule has 444 valence electrons. The maximum atomic E-state index is 14.2. The Morgan fingerprint density at radius 1 is 0.226 bits per heavy atom. The smallest absolute Gasteiger partial charge is 0.194 e. The highest BCUT2D eigenvalue weighted by atomic mass is 127. The molecule has 0 aliphatic rings. The minimum Gasteiger partial charge on any atom is -0.194 e. The monoisotopic (exact) mass is 1360 g/mol. The van der Waals surface area contributed by atoms with E-state index < -0.39 is 195 Å². The summed E-state index contributed by atoms with van der Waals surface area (Å²) >= 11 is 3.49. The summed E-state index contributed by atoms with van der Waals surface area (Å²) in [5.41, 5.74) is -30.2. The fourth-order valence-electron chi connectivity index (χ4n) is 8.58. The number of rotatable bonds is 10. The van der Waals surface area contributed by atoms with E-state index in [1.807, 2.05) is 23.5 Å². The summed E-state index contributed by atoms with van der Waals surface area (Å²) in [7, 11) is 0. The van der Waals surface area contributed by atoms with Gasteiger partial charge >= 0.3 is 70.6 Å². The molecule has 0 bridgehead atoms. The van der Waals surface area contributed by atoms with E-state index >= 15 is 0 Å². The van der Waals surface area contributed by atoms with Gasteiger partial charge in [0.1, 0.15) is 6.15 Å². The first-order valence-electron chi connectivity index (χ1n) is 23.3. The van der Waals surface area contributed by atoms with Crippen molar-refractivity contribution >= 4 is 51.5 Å². The molecule has 0 unspecified atom stereocenters. The highest BCUT2D eigenvalue weighted by Crippen LogP contribution is 2.42. The van der Waals surface area contributed by atoms with E-state index in [2.05, 4.69) is 109 Å². The average Bonchev–Trinajstić information content (AvgIpc) is 1.04. The molecule has 0 aliphatic heterocycles. The van der Waals surface area contributed by atoms with Gasteiger partial charge in [-0.2, -0.15) is 127 Å². The van der Waals surface area contributed by atoms with Gasteiger partial charge in [-0.05, 0) is 97.1 Å². The lowest BCUT2D eigenvalue weighted by molar-refractivity contribution is -0.597. The lowest BCUT2D eigenvalue weighted by atomic mass is 9.12. The van der Waals surface area contributed by atoms with Gasteiger partial charge in [-0.3, -0.25) is 0 Å². The Morgan fingerprint density at radius 2 is 0.405 bits per heavy atom. The van der Waals surface area contributed by atoms with Crippen LogP contribution in [0.5, 0.6) is 0 Å². The van der Waals surface area contributed by atoms with Crippen LogP contribution in [0.25, 0.3) is 0 Å². The van der Waals surface area contributed by atoms with Crippen LogP contribution >= 0.6 is 23.5 Å². The quantitative estimate of drug-likeness (QED) is 0.0760. The highest BCUT2D eigenvalue weighted by Gasteiger charge is 2.47. The van der Waals surface area contributed by atoms with E-state index in [1.54, 1.807) is 0 Å². The van der Waals surface area contributed by atoms with Crippen molar-refractivity contribution in [2.45, 2.75) is 69.0 Å². The van der Waals surface area contributed by atoms with Gasteiger partial charge < -0.3 is 0 Å². The zero-order valence-electron chi connectivity index (χ0n) is 41.2. The molecule has 0 aromatic heterocycles. The molecule has 0 atom stereocenters.